The third-order valence-electron chi connectivity index (χ3n) is 8.43. The van der Waals surface area contributed by atoms with Gasteiger partial charge in [-0.1, -0.05) is 24.1 Å². The molecule has 1 N–H and O–H groups in total. The molecular formula is C31H42F2N4O3. The van der Waals surface area contributed by atoms with Gasteiger partial charge in [0.15, 0.2) is 0 Å². The first-order chi connectivity index (χ1) is 19.0. The fourth-order valence-electron chi connectivity index (χ4n) is 6.20. The molecule has 0 spiro atoms. The molecule has 5 rings (SSSR count). The minimum Gasteiger partial charge on any atom is -0.465 e. The van der Waals surface area contributed by atoms with Gasteiger partial charge >= 0.3 is 6.09 Å². The molecule has 2 saturated heterocycles. The summed E-state index contributed by atoms with van der Waals surface area (Å²) in [5.41, 5.74) is 4.36. The highest BCUT2D eigenvalue weighted by Crippen LogP contribution is 2.33. The molecule has 9 heteroatoms. The Balaban J connectivity index is 0.000000398. The number of anilines is 1. The van der Waals surface area contributed by atoms with Crippen molar-refractivity contribution in [3.8, 4) is 0 Å². The van der Waals surface area contributed by atoms with E-state index in [-0.39, 0.29) is 18.7 Å². The highest BCUT2D eigenvalue weighted by atomic mass is 19.3. The Labute approximate surface area is 236 Å². The first-order valence-corrected chi connectivity index (χ1v) is 14.4. The van der Waals surface area contributed by atoms with Gasteiger partial charge in [0.05, 0.1) is 11.3 Å². The van der Waals surface area contributed by atoms with Gasteiger partial charge in [-0.3, -0.25) is 14.7 Å². The van der Waals surface area contributed by atoms with Gasteiger partial charge in [-0.25, -0.2) is 13.6 Å². The fraction of sp³-hybridized carbons (Fsp3) is 0.581. The van der Waals surface area contributed by atoms with E-state index in [2.05, 4.69) is 9.88 Å². The first-order valence-electron chi connectivity index (χ1n) is 14.4. The Morgan fingerprint density at radius 1 is 0.975 bits per heavy atom. The van der Waals surface area contributed by atoms with Gasteiger partial charge in [0.1, 0.15) is 0 Å². The van der Waals surface area contributed by atoms with E-state index in [1.165, 1.54) is 4.90 Å². The number of nitrogens with zero attached hydrogens (tertiary/aromatic N) is 4. The fourth-order valence-corrected chi connectivity index (χ4v) is 6.20. The summed E-state index contributed by atoms with van der Waals surface area (Å²) in [5, 5.41) is 9.60. The van der Waals surface area contributed by atoms with Crippen molar-refractivity contribution in [1.29, 1.82) is 0 Å². The molecule has 2 aromatic rings. The van der Waals surface area contributed by atoms with Crippen LogP contribution in [0.25, 0.3) is 0 Å². The van der Waals surface area contributed by atoms with Crippen LogP contribution in [0.3, 0.4) is 0 Å². The van der Waals surface area contributed by atoms with Crippen LogP contribution in [-0.2, 0) is 0 Å². The summed E-state index contributed by atoms with van der Waals surface area (Å²) in [6, 6.07) is 9.50. The van der Waals surface area contributed by atoms with Gasteiger partial charge in [0.2, 0.25) is 5.92 Å². The minimum absolute atomic E-state index is 0.101. The number of amides is 2. The molecule has 3 fully saturated rings. The number of carbonyl (C=O) groups is 2. The number of aryl methyl sites for hydroxylation is 3. The zero-order chi connectivity index (χ0) is 28.9. The molecule has 2 atom stereocenters. The zero-order valence-corrected chi connectivity index (χ0v) is 23.9. The second-order valence-corrected chi connectivity index (χ2v) is 11.6. The molecule has 3 aliphatic rings. The average molecular weight is 557 g/mol. The second-order valence-electron chi connectivity index (χ2n) is 11.6. The molecule has 2 unspecified atom stereocenters. The standard InChI is InChI=1S/C25H32N4O3.C6H10F2/c1-17-5-7-22(8-6-17)29(25(31)32)12-4-11-27-13-20-15-28(16-21(20)14-27)24(30)23-18(2)9-10-26-19(23)3;7-6(8)4-2-1-3-5-6/h5-10,20-21H,4,11-16H2,1-3H3,(H,31,32);1-5H2. The van der Waals surface area contributed by atoms with Crippen molar-refractivity contribution < 1.29 is 23.5 Å². The van der Waals surface area contributed by atoms with Crippen molar-refractivity contribution in [2.75, 3.05) is 44.2 Å². The van der Waals surface area contributed by atoms with Gasteiger partial charge in [-0.2, -0.15) is 0 Å². The van der Waals surface area contributed by atoms with E-state index in [1.54, 1.807) is 6.20 Å². The van der Waals surface area contributed by atoms with Crippen LogP contribution in [0.15, 0.2) is 36.5 Å². The van der Waals surface area contributed by atoms with Crippen LogP contribution in [0.4, 0.5) is 19.3 Å². The third-order valence-corrected chi connectivity index (χ3v) is 8.43. The Kier molecular flexibility index (Phi) is 9.77. The molecule has 1 saturated carbocycles. The SMILES string of the molecule is Cc1ccc(N(CCCN2CC3CN(C(=O)c4c(C)ccnc4C)CC3C2)C(=O)O)cc1.FC1(F)CCCCC1. The lowest BCUT2D eigenvalue weighted by atomic mass is 9.97. The molecule has 40 heavy (non-hydrogen) atoms. The first kappa shape index (κ1) is 29.9. The molecule has 1 aromatic carbocycles. The molecule has 218 valence electrons. The lowest BCUT2D eigenvalue weighted by molar-refractivity contribution is -0.0337. The van der Waals surface area contributed by atoms with Crippen LogP contribution in [0.5, 0.6) is 0 Å². The van der Waals surface area contributed by atoms with Crippen molar-refractivity contribution in [2.45, 2.75) is 65.2 Å². The number of hydrogen-bond donors (Lipinski definition) is 1. The van der Waals surface area contributed by atoms with Gasteiger partial charge in [0, 0.05) is 57.4 Å². The summed E-state index contributed by atoms with van der Waals surface area (Å²) in [6.07, 6.45) is 4.29. The summed E-state index contributed by atoms with van der Waals surface area (Å²) in [5.74, 6) is -1.24. The summed E-state index contributed by atoms with van der Waals surface area (Å²) >= 11 is 0. The molecule has 2 aliphatic heterocycles. The topological polar surface area (TPSA) is 77.0 Å². The number of halogens is 2. The summed E-state index contributed by atoms with van der Waals surface area (Å²) < 4.78 is 24.4. The van der Waals surface area contributed by atoms with E-state index in [4.69, 9.17) is 0 Å². The van der Waals surface area contributed by atoms with Gasteiger partial charge in [-0.15, -0.1) is 0 Å². The van der Waals surface area contributed by atoms with E-state index < -0.39 is 12.0 Å². The number of carbonyl (C=O) groups excluding carboxylic acids is 1. The third kappa shape index (κ3) is 7.56. The number of carboxylic acid groups (broad SMARTS) is 1. The monoisotopic (exact) mass is 556 g/mol. The van der Waals surface area contributed by atoms with Crippen molar-refractivity contribution in [1.82, 2.24) is 14.8 Å². The van der Waals surface area contributed by atoms with Crippen molar-refractivity contribution in [3.05, 3.63) is 58.9 Å². The average Bonchev–Trinajstić information content (AvgIpc) is 3.46. The van der Waals surface area contributed by atoms with Crippen LogP contribution < -0.4 is 4.90 Å². The van der Waals surface area contributed by atoms with Gasteiger partial charge in [-0.05, 0) is 82.2 Å². The van der Waals surface area contributed by atoms with Gasteiger partial charge < -0.3 is 14.9 Å². The van der Waals surface area contributed by atoms with Crippen molar-refractivity contribution in [3.63, 3.8) is 0 Å². The molecule has 7 nitrogen and oxygen atoms in total. The lowest BCUT2D eigenvalue weighted by Gasteiger charge is -2.24. The smallest absolute Gasteiger partial charge is 0.411 e. The molecule has 2 amide bonds. The zero-order valence-electron chi connectivity index (χ0n) is 23.9. The summed E-state index contributed by atoms with van der Waals surface area (Å²) in [4.78, 5) is 34.9. The summed E-state index contributed by atoms with van der Waals surface area (Å²) in [6.45, 7) is 10.7. The van der Waals surface area contributed by atoms with Crippen LogP contribution in [0.1, 0.15) is 65.7 Å². The van der Waals surface area contributed by atoms with Crippen LogP contribution in [-0.4, -0.2) is 77.1 Å². The predicted molar refractivity (Wildman–Crippen MR) is 152 cm³/mol. The Morgan fingerprint density at radius 3 is 2.12 bits per heavy atom. The highest BCUT2D eigenvalue weighted by Gasteiger charge is 2.42. The second kappa shape index (κ2) is 13.1. The summed E-state index contributed by atoms with van der Waals surface area (Å²) in [7, 11) is 0. The molecule has 1 aliphatic carbocycles. The van der Waals surface area contributed by atoms with Crippen LogP contribution >= 0.6 is 0 Å². The molecule has 3 heterocycles. The molecule has 0 radical (unpaired) electrons. The van der Waals surface area contributed by atoms with E-state index >= 15 is 0 Å². The normalized spacial score (nSPS) is 21.9. The Hall–Kier alpha value is -3.07. The maximum Gasteiger partial charge on any atom is 0.411 e. The number of benzene rings is 1. The largest absolute Gasteiger partial charge is 0.465 e. The van der Waals surface area contributed by atoms with Gasteiger partial charge in [0.25, 0.3) is 5.91 Å². The van der Waals surface area contributed by atoms with Crippen LogP contribution in [0, 0.1) is 32.6 Å². The molecule has 0 bridgehead atoms. The molecular weight excluding hydrogens is 514 g/mol. The highest BCUT2D eigenvalue weighted by molar-refractivity contribution is 5.96. The van der Waals surface area contributed by atoms with E-state index in [0.717, 1.165) is 73.6 Å². The number of pyridine rings is 1. The maximum atomic E-state index is 13.1. The lowest BCUT2D eigenvalue weighted by Crippen LogP contribution is -2.36. The Bertz CT molecular complexity index is 1130. The number of hydrogen-bond acceptors (Lipinski definition) is 4. The number of fused-ring (bicyclic) bond motifs is 1. The minimum atomic E-state index is -2.32. The maximum absolute atomic E-state index is 13.1. The van der Waals surface area contributed by atoms with Crippen molar-refractivity contribution >= 4 is 17.7 Å². The number of alkyl halides is 2. The van der Waals surface area contributed by atoms with Crippen molar-refractivity contribution in [2.24, 2.45) is 11.8 Å². The quantitative estimate of drug-likeness (QED) is 0.460. The molecule has 1 aromatic heterocycles. The van der Waals surface area contributed by atoms with E-state index in [9.17, 15) is 23.5 Å². The number of rotatable bonds is 6. The number of aromatic nitrogens is 1. The predicted octanol–water partition coefficient (Wildman–Crippen LogP) is 6.17. The van der Waals surface area contributed by atoms with E-state index in [1.807, 2.05) is 56.0 Å². The van der Waals surface area contributed by atoms with Crippen LogP contribution in [0.2, 0.25) is 0 Å². The number of likely N-dealkylation sites (tertiary alicyclic amines) is 2. The Morgan fingerprint density at radius 2 is 1.60 bits per heavy atom. The van der Waals surface area contributed by atoms with E-state index in [0.29, 0.717) is 31.2 Å².